The van der Waals surface area contributed by atoms with E-state index in [0.717, 1.165) is 11.3 Å². The van der Waals surface area contributed by atoms with Crippen molar-refractivity contribution in [1.82, 2.24) is 9.97 Å². The van der Waals surface area contributed by atoms with Crippen molar-refractivity contribution in [3.63, 3.8) is 0 Å². The lowest BCUT2D eigenvalue weighted by Crippen LogP contribution is -2.19. The molecule has 0 fully saturated rings. The first-order chi connectivity index (χ1) is 14.2. The maximum atomic E-state index is 11.3. The Balaban J connectivity index is 1.71. The summed E-state index contributed by atoms with van der Waals surface area (Å²) >= 11 is 0. The number of aryl methyl sites for hydroxylation is 1. The van der Waals surface area contributed by atoms with Crippen LogP contribution in [0.25, 0.3) is 0 Å². The second-order valence-corrected chi connectivity index (χ2v) is 7.89. The van der Waals surface area contributed by atoms with Gasteiger partial charge in [0.1, 0.15) is 11.6 Å². The molecule has 30 heavy (non-hydrogen) atoms. The van der Waals surface area contributed by atoms with Crippen molar-refractivity contribution in [3.05, 3.63) is 60.3 Å². The van der Waals surface area contributed by atoms with Crippen molar-refractivity contribution < 1.29 is 17.9 Å². The number of primary amides is 1. The minimum Gasteiger partial charge on any atom is -0.484 e. The first-order valence-electron chi connectivity index (χ1n) is 8.72. The fourth-order valence-corrected chi connectivity index (χ4v) is 2.93. The van der Waals surface area contributed by atoms with Crippen LogP contribution in [0, 0.1) is 6.92 Å². The average molecular weight is 428 g/mol. The number of anilines is 4. The summed E-state index contributed by atoms with van der Waals surface area (Å²) < 4.78 is 27.9. The highest BCUT2D eigenvalue weighted by Crippen LogP contribution is 2.23. The van der Waals surface area contributed by atoms with Gasteiger partial charge in [-0.1, -0.05) is 0 Å². The van der Waals surface area contributed by atoms with Gasteiger partial charge >= 0.3 is 0 Å². The van der Waals surface area contributed by atoms with Gasteiger partial charge in [-0.25, -0.2) is 18.5 Å². The highest BCUT2D eigenvalue weighted by atomic mass is 32.2. The molecule has 1 heterocycles. The molecule has 6 N–H and O–H groups in total. The number of ether oxygens (including phenoxy) is 1. The number of hydrogen-bond acceptors (Lipinski definition) is 8. The van der Waals surface area contributed by atoms with E-state index in [1.807, 2.05) is 6.92 Å². The Morgan fingerprint density at radius 3 is 2.23 bits per heavy atom. The molecule has 0 unspecified atom stereocenters. The number of benzene rings is 2. The average Bonchev–Trinajstić information content (AvgIpc) is 2.70. The van der Waals surface area contributed by atoms with Gasteiger partial charge in [-0.2, -0.15) is 4.98 Å². The van der Waals surface area contributed by atoms with E-state index in [4.69, 9.17) is 15.6 Å². The largest absolute Gasteiger partial charge is 0.484 e. The lowest BCUT2D eigenvalue weighted by molar-refractivity contribution is -0.119. The molecule has 0 saturated carbocycles. The molecule has 1 amide bonds. The molecular formula is C19H20N6O4S. The van der Waals surface area contributed by atoms with Crippen molar-refractivity contribution in [3.8, 4) is 5.75 Å². The third-order valence-corrected chi connectivity index (χ3v) is 4.84. The molecule has 0 saturated heterocycles. The summed E-state index contributed by atoms with van der Waals surface area (Å²) in [6.07, 6.45) is 1.65. The Bertz CT molecular complexity index is 1150. The van der Waals surface area contributed by atoms with Crippen LogP contribution in [0.2, 0.25) is 0 Å². The zero-order valence-electron chi connectivity index (χ0n) is 16.0. The number of carbonyl (C=O) groups excluding carboxylic acids is 1. The van der Waals surface area contributed by atoms with Gasteiger partial charge in [0.15, 0.2) is 6.61 Å². The maximum absolute atomic E-state index is 11.3. The van der Waals surface area contributed by atoms with E-state index in [1.165, 1.54) is 12.1 Å². The third-order valence-electron chi connectivity index (χ3n) is 3.91. The Labute approximate surface area is 173 Å². The molecule has 10 nitrogen and oxygen atoms in total. The summed E-state index contributed by atoms with van der Waals surface area (Å²) in [5.41, 5.74) is 7.24. The van der Waals surface area contributed by atoms with E-state index in [-0.39, 0.29) is 11.5 Å². The summed E-state index contributed by atoms with van der Waals surface area (Å²) in [7, 11) is -3.75. The number of carbonyl (C=O) groups is 1. The Morgan fingerprint density at radius 2 is 1.63 bits per heavy atom. The van der Waals surface area contributed by atoms with E-state index in [2.05, 4.69) is 20.6 Å². The van der Waals surface area contributed by atoms with Crippen molar-refractivity contribution >= 4 is 39.1 Å². The topological polar surface area (TPSA) is 162 Å². The number of hydrogen-bond donors (Lipinski definition) is 4. The zero-order chi connectivity index (χ0) is 21.7. The number of nitrogens with one attached hydrogen (secondary N) is 2. The molecule has 0 aliphatic carbocycles. The van der Waals surface area contributed by atoms with Gasteiger partial charge in [-0.15, -0.1) is 0 Å². The fraction of sp³-hybridized carbons (Fsp3) is 0.105. The van der Waals surface area contributed by atoms with E-state index in [1.54, 1.807) is 42.6 Å². The summed E-state index contributed by atoms with van der Waals surface area (Å²) in [5.74, 6) is 0.879. The number of nitrogens with two attached hydrogens (primary N) is 2. The Hall–Kier alpha value is -3.70. The molecular weight excluding hydrogens is 408 g/mol. The number of rotatable bonds is 8. The minimum absolute atomic E-state index is 0.0171. The molecule has 2 aromatic carbocycles. The molecule has 156 valence electrons. The predicted molar refractivity (Wildman–Crippen MR) is 112 cm³/mol. The van der Waals surface area contributed by atoms with E-state index in [9.17, 15) is 13.2 Å². The van der Waals surface area contributed by atoms with Gasteiger partial charge < -0.3 is 21.1 Å². The van der Waals surface area contributed by atoms with Gasteiger partial charge in [0.05, 0.1) is 4.90 Å². The molecule has 3 aromatic rings. The first kappa shape index (κ1) is 21.0. The van der Waals surface area contributed by atoms with Gasteiger partial charge in [0.2, 0.25) is 16.0 Å². The molecule has 3 rings (SSSR count). The molecule has 0 aliphatic heterocycles. The number of amides is 1. The quantitative estimate of drug-likeness (QED) is 0.422. The van der Waals surface area contributed by atoms with Crippen LogP contribution in [0.3, 0.4) is 0 Å². The molecule has 1 aromatic heterocycles. The smallest absolute Gasteiger partial charge is 0.255 e. The maximum Gasteiger partial charge on any atom is 0.255 e. The highest BCUT2D eigenvalue weighted by Gasteiger charge is 2.09. The van der Waals surface area contributed by atoms with E-state index in [0.29, 0.717) is 23.2 Å². The number of nitrogens with zero attached hydrogens (tertiary/aromatic N) is 2. The second kappa shape index (κ2) is 8.76. The summed E-state index contributed by atoms with van der Waals surface area (Å²) in [5, 5.41) is 11.3. The van der Waals surface area contributed by atoms with Crippen molar-refractivity contribution in [2.24, 2.45) is 10.9 Å². The van der Waals surface area contributed by atoms with Crippen LogP contribution < -0.4 is 26.2 Å². The summed E-state index contributed by atoms with van der Waals surface area (Å²) in [6.45, 7) is 1.67. The lowest BCUT2D eigenvalue weighted by atomic mass is 10.3. The molecule has 0 radical (unpaired) electrons. The third kappa shape index (κ3) is 5.65. The first-order valence-corrected chi connectivity index (χ1v) is 10.3. The van der Waals surface area contributed by atoms with Crippen molar-refractivity contribution in [2.45, 2.75) is 11.8 Å². The number of primary sulfonamides is 1. The fourth-order valence-electron chi connectivity index (χ4n) is 2.41. The molecule has 0 aliphatic rings. The molecule has 0 bridgehead atoms. The minimum atomic E-state index is -3.75. The van der Waals surface area contributed by atoms with Crippen LogP contribution in [0.15, 0.2) is 59.6 Å². The monoisotopic (exact) mass is 428 g/mol. The standard InChI is InChI=1S/C19H20N6O4S/c1-12-10-22-19(24-14-4-8-16(9-5-14)30(21,27)28)25-18(12)23-13-2-6-15(7-3-13)29-11-17(20)26/h2-10H,11H2,1H3,(H2,20,26)(H2,21,27,28)(H2,22,23,24,25). The van der Waals surface area contributed by atoms with Gasteiger partial charge in [-0.05, 0) is 55.5 Å². The van der Waals surface area contributed by atoms with Gasteiger partial charge in [0, 0.05) is 23.1 Å². The normalized spacial score (nSPS) is 11.0. The predicted octanol–water partition coefficient (Wildman–Crippen LogP) is 1.78. The van der Waals surface area contributed by atoms with Crippen LogP contribution >= 0.6 is 0 Å². The van der Waals surface area contributed by atoms with Crippen molar-refractivity contribution in [1.29, 1.82) is 0 Å². The number of sulfonamides is 1. The zero-order valence-corrected chi connectivity index (χ0v) is 16.8. The molecule has 0 spiro atoms. The number of aromatic nitrogens is 2. The Kier molecular flexibility index (Phi) is 6.14. The summed E-state index contributed by atoms with van der Waals surface area (Å²) in [4.78, 5) is 19.5. The molecule has 0 atom stereocenters. The lowest BCUT2D eigenvalue weighted by Gasteiger charge is -2.12. The van der Waals surface area contributed by atoms with Crippen LogP contribution in [-0.4, -0.2) is 30.9 Å². The highest BCUT2D eigenvalue weighted by molar-refractivity contribution is 7.89. The van der Waals surface area contributed by atoms with Crippen LogP contribution in [0.4, 0.5) is 23.1 Å². The van der Waals surface area contributed by atoms with E-state index >= 15 is 0 Å². The van der Waals surface area contributed by atoms with Gasteiger partial charge in [-0.3, -0.25) is 4.79 Å². The SMILES string of the molecule is Cc1cnc(Nc2ccc(S(N)(=O)=O)cc2)nc1Nc1ccc(OCC(N)=O)cc1. The second-order valence-electron chi connectivity index (χ2n) is 6.32. The van der Waals surface area contributed by atoms with Crippen LogP contribution in [0.5, 0.6) is 5.75 Å². The van der Waals surface area contributed by atoms with E-state index < -0.39 is 15.9 Å². The van der Waals surface area contributed by atoms with Crippen molar-refractivity contribution in [2.75, 3.05) is 17.2 Å². The van der Waals surface area contributed by atoms with Crippen LogP contribution in [0.1, 0.15) is 5.56 Å². The Morgan fingerprint density at radius 1 is 1.03 bits per heavy atom. The molecule has 11 heteroatoms. The summed E-state index contributed by atoms with van der Waals surface area (Å²) in [6, 6.07) is 12.9. The van der Waals surface area contributed by atoms with Crippen LogP contribution in [-0.2, 0) is 14.8 Å². The van der Waals surface area contributed by atoms with Gasteiger partial charge in [0.25, 0.3) is 5.91 Å².